The summed E-state index contributed by atoms with van der Waals surface area (Å²) in [6.07, 6.45) is 5.21. The first-order valence-electron chi connectivity index (χ1n) is 10.3. The molecule has 0 unspecified atom stereocenters. The molecule has 1 aliphatic rings. The number of aliphatic hydroxyl groups is 1. The first-order valence-corrected chi connectivity index (χ1v) is 11.7. The molecule has 3 heteroatoms. The molecule has 0 heterocycles. The van der Waals surface area contributed by atoms with Gasteiger partial charge in [-0.05, 0) is 59.4 Å². The summed E-state index contributed by atoms with van der Waals surface area (Å²) in [5, 5.41) is 12.3. The van der Waals surface area contributed by atoms with E-state index < -0.39 is 9.04 Å². The summed E-state index contributed by atoms with van der Waals surface area (Å²) in [7, 11) is -1.22. The number of rotatable bonds is 6. The van der Waals surface area contributed by atoms with Gasteiger partial charge in [-0.1, -0.05) is 75.4 Å². The van der Waals surface area contributed by atoms with Crippen molar-refractivity contribution in [2.75, 3.05) is 6.61 Å². The zero-order valence-corrected chi connectivity index (χ0v) is 17.9. The van der Waals surface area contributed by atoms with Crippen LogP contribution in [-0.4, -0.2) is 26.9 Å². The van der Waals surface area contributed by atoms with Crippen LogP contribution in [0.3, 0.4) is 0 Å². The Hall–Kier alpha value is -1.42. The van der Waals surface area contributed by atoms with Gasteiger partial charge in [-0.2, -0.15) is 0 Å². The van der Waals surface area contributed by atoms with Crippen molar-refractivity contribution < 1.29 is 9.53 Å². The van der Waals surface area contributed by atoms with E-state index in [2.05, 4.69) is 75.4 Å². The standard InChI is InChI=1S/C24H33O2Si/c1-24(2,3)20-11-15-23(16-12-20)27(22-7-5-4-6-8-22)26-18-17-19-9-13-21(25)14-10-19/h4-8,11-12,15-16,19,21,25H,9-10,13-14,17-18H2,1-3H3. The third-order valence-electron chi connectivity index (χ3n) is 5.64. The van der Waals surface area contributed by atoms with Gasteiger partial charge in [0.05, 0.1) is 6.10 Å². The minimum atomic E-state index is -1.22. The molecule has 2 aromatic rings. The molecule has 145 valence electrons. The molecule has 0 aromatic heterocycles. The zero-order chi connectivity index (χ0) is 19.3. The Balaban J connectivity index is 1.68. The van der Waals surface area contributed by atoms with Gasteiger partial charge in [0, 0.05) is 6.61 Å². The van der Waals surface area contributed by atoms with Crippen LogP contribution in [0.5, 0.6) is 0 Å². The molecule has 1 saturated carbocycles. The molecule has 1 fully saturated rings. The molecule has 2 nitrogen and oxygen atoms in total. The summed E-state index contributed by atoms with van der Waals surface area (Å²) in [6.45, 7) is 7.57. The highest BCUT2D eigenvalue weighted by molar-refractivity contribution is 6.80. The number of hydrogen-bond acceptors (Lipinski definition) is 2. The normalized spacial score (nSPS) is 20.8. The molecule has 27 heavy (non-hydrogen) atoms. The lowest BCUT2D eigenvalue weighted by Gasteiger charge is -2.26. The molecule has 3 rings (SSSR count). The minimum absolute atomic E-state index is 0.0764. The summed E-state index contributed by atoms with van der Waals surface area (Å²) >= 11 is 0. The molecule has 0 spiro atoms. The number of hydrogen-bond donors (Lipinski definition) is 1. The van der Waals surface area contributed by atoms with E-state index in [1.807, 2.05) is 0 Å². The van der Waals surface area contributed by atoms with Crippen LogP contribution >= 0.6 is 0 Å². The summed E-state index contributed by atoms with van der Waals surface area (Å²) in [4.78, 5) is 0. The van der Waals surface area contributed by atoms with Gasteiger partial charge in [-0.15, -0.1) is 0 Å². The number of benzene rings is 2. The second kappa shape index (κ2) is 9.18. The largest absolute Gasteiger partial charge is 0.407 e. The van der Waals surface area contributed by atoms with E-state index in [-0.39, 0.29) is 11.5 Å². The Morgan fingerprint density at radius 3 is 2.07 bits per heavy atom. The fourth-order valence-electron chi connectivity index (χ4n) is 3.81. The van der Waals surface area contributed by atoms with E-state index in [4.69, 9.17) is 4.43 Å². The van der Waals surface area contributed by atoms with E-state index >= 15 is 0 Å². The van der Waals surface area contributed by atoms with Crippen LogP contribution in [0.2, 0.25) is 0 Å². The summed E-state index contributed by atoms with van der Waals surface area (Å²) < 4.78 is 6.51. The van der Waals surface area contributed by atoms with Crippen LogP contribution < -0.4 is 10.4 Å². The second-order valence-electron chi connectivity index (χ2n) is 8.83. The molecular weight excluding hydrogens is 348 g/mol. The molecular formula is C24H33O2Si. The first kappa shape index (κ1) is 20.3. The fourth-order valence-corrected chi connectivity index (χ4v) is 5.76. The van der Waals surface area contributed by atoms with Gasteiger partial charge in [0.25, 0.3) is 9.04 Å². The Morgan fingerprint density at radius 1 is 0.889 bits per heavy atom. The van der Waals surface area contributed by atoms with Gasteiger partial charge in [-0.25, -0.2) is 0 Å². The van der Waals surface area contributed by atoms with Crippen molar-refractivity contribution >= 4 is 19.4 Å². The van der Waals surface area contributed by atoms with Crippen molar-refractivity contribution in [1.29, 1.82) is 0 Å². The monoisotopic (exact) mass is 381 g/mol. The Kier molecular flexibility index (Phi) is 6.91. The predicted octanol–water partition coefficient (Wildman–Crippen LogP) is 4.05. The first-order chi connectivity index (χ1) is 12.9. The third kappa shape index (κ3) is 5.77. The van der Waals surface area contributed by atoms with Crippen LogP contribution in [-0.2, 0) is 9.84 Å². The van der Waals surface area contributed by atoms with Gasteiger partial charge >= 0.3 is 0 Å². The van der Waals surface area contributed by atoms with Gasteiger partial charge in [0.1, 0.15) is 0 Å². The van der Waals surface area contributed by atoms with E-state index in [0.717, 1.165) is 38.7 Å². The van der Waals surface area contributed by atoms with E-state index in [9.17, 15) is 5.11 Å². The van der Waals surface area contributed by atoms with Crippen LogP contribution in [0, 0.1) is 5.92 Å². The summed E-state index contributed by atoms with van der Waals surface area (Å²) in [5.41, 5.74) is 1.53. The van der Waals surface area contributed by atoms with Crippen LogP contribution in [0.1, 0.15) is 58.4 Å². The summed E-state index contributed by atoms with van der Waals surface area (Å²) in [5.74, 6) is 0.704. The van der Waals surface area contributed by atoms with Crippen LogP contribution in [0.25, 0.3) is 0 Å². The Bertz CT molecular complexity index is 683. The van der Waals surface area contributed by atoms with Gasteiger partial charge in [0.15, 0.2) is 0 Å². The summed E-state index contributed by atoms with van der Waals surface area (Å²) in [6, 6.07) is 19.7. The van der Waals surface area contributed by atoms with Gasteiger partial charge in [0.2, 0.25) is 0 Å². The average molecular weight is 382 g/mol. The lowest BCUT2D eigenvalue weighted by Crippen LogP contribution is -2.45. The van der Waals surface area contributed by atoms with Crippen LogP contribution in [0.4, 0.5) is 0 Å². The maximum absolute atomic E-state index is 9.69. The molecule has 0 atom stereocenters. The van der Waals surface area contributed by atoms with E-state index in [1.165, 1.54) is 15.9 Å². The lowest BCUT2D eigenvalue weighted by molar-refractivity contribution is 0.101. The van der Waals surface area contributed by atoms with Gasteiger partial charge in [-0.3, -0.25) is 0 Å². The van der Waals surface area contributed by atoms with Crippen molar-refractivity contribution in [2.24, 2.45) is 5.92 Å². The minimum Gasteiger partial charge on any atom is -0.407 e. The molecule has 1 aliphatic carbocycles. The SMILES string of the molecule is CC(C)(C)c1ccc([Si](OCCC2CCC(O)CC2)c2ccccc2)cc1. The molecule has 2 aromatic carbocycles. The fraction of sp³-hybridized carbons (Fsp3) is 0.500. The smallest absolute Gasteiger partial charge is 0.282 e. The topological polar surface area (TPSA) is 29.5 Å². The Labute approximate surface area is 166 Å². The highest BCUT2D eigenvalue weighted by Crippen LogP contribution is 2.26. The molecule has 0 amide bonds. The third-order valence-corrected chi connectivity index (χ3v) is 7.85. The van der Waals surface area contributed by atoms with Crippen molar-refractivity contribution in [3.8, 4) is 0 Å². The Morgan fingerprint density at radius 2 is 1.48 bits per heavy atom. The highest BCUT2D eigenvalue weighted by Gasteiger charge is 2.23. The average Bonchev–Trinajstić information content (AvgIpc) is 2.67. The predicted molar refractivity (Wildman–Crippen MR) is 115 cm³/mol. The quantitative estimate of drug-likeness (QED) is 0.765. The highest BCUT2D eigenvalue weighted by atomic mass is 28.3. The molecule has 0 bridgehead atoms. The van der Waals surface area contributed by atoms with E-state index in [1.54, 1.807) is 0 Å². The van der Waals surface area contributed by atoms with Gasteiger partial charge < -0.3 is 9.53 Å². The molecule has 0 aliphatic heterocycles. The van der Waals surface area contributed by atoms with E-state index in [0.29, 0.717) is 5.92 Å². The van der Waals surface area contributed by atoms with Crippen LogP contribution in [0.15, 0.2) is 54.6 Å². The van der Waals surface area contributed by atoms with Crippen molar-refractivity contribution in [2.45, 2.75) is 64.4 Å². The van der Waals surface area contributed by atoms with Crippen molar-refractivity contribution in [1.82, 2.24) is 0 Å². The second-order valence-corrected chi connectivity index (χ2v) is 10.9. The number of aliphatic hydroxyl groups excluding tert-OH is 1. The molecule has 0 saturated heterocycles. The molecule has 1 radical (unpaired) electrons. The maximum atomic E-state index is 9.69. The lowest BCUT2D eigenvalue weighted by atomic mass is 9.86. The maximum Gasteiger partial charge on any atom is 0.282 e. The van der Waals surface area contributed by atoms with Crippen molar-refractivity contribution in [3.05, 3.63) is 60.2 Å². The zero-order valence-electron chi connectivity index (χ0n) is 16.9. The molecule has 1 N–H and O–H groups in total. The van der Waals surface area contributed by atoms with Crippen molar-refractivity contribution in [3.63, 3.8) is 0 Å².